The van der Waals surface area contributed by atoms with Gasteiger partial charge in [-0.15, -0.1) is 13.2 Å². The fourth-order valence-electron chi connectivity index (χ4n) is 3.96. The van der Waals surface area contributed by atoms with Crippen LogP contribution in [-0.4, -0.2) is 38.5 Å². The standard InChI is InChI=1S/C27H19F3N4OS/c28-27(29,30)35-22-7-5-21(6-8-22)34-17-33-26-24-9-3-19(12-20(24)4-10-25(26)34)15-32-16-23(36)13-18-2-1-11-31-14-18/h1-12,14-15,17H,13,16H2. The number of aliphatic imine (C=N–C) groups is 1. The van der Waals surface area contributed by atoms with Crippen LogP contribution in [0.15, 0.2) is 90.4 Å². The highest BCUT2D eigenvalue weighted by Crippen LogP contribution is 2.28. The number of thiocarbonyl (C=S) groups is 1. The molecule has 0 saturated heterocycles. The van der Waals surface area contributed by atoms with E-state index in [1.807, 2.05) is 53.2 Å². The van der Waals surface area contributed by atoms with Crippen molar-refractivity contribution in [3.63, 3.8) is 0 Å². The van der Waals surface area contributed by atoms with Crippen LogP contribution in [0.4, 0.5) is 13.2 Å². The number of ether oxygens (including phenoxy) is 1. The van der Waals surface area contributed by atoms with E-state index in [0.717, 1.165) is 37.8 Å². The lowest BCUT2D eigenvalue weighted by molar-refractivity contribution is -0.274. The minimum Gasteiger partial charge on any atom is -0.406 e. The summed E-state index contributed by atoms with van der Waals surface area (Å²) in [6, 6.07) is 19.5. The maximum Gasteiger partial charge on any atom is 0.573 e. The van der Waals surface area contributed by atoms with Crippen LogP contribution in [0.5, 0.6) is 5.75 Å². The largest absolute Gasteiger partial charge is 0.573 e. The zero-order chi connectivity index (χ0) is 25.1. The van der Waals surface area contributed by atoms with Crippen LogP contribution in [0.25, 0.3) is 27.5 Å². The SMILES string of the molecule is FC(F)(F)Oc1ccc(-n2cnc3c4ccc(C=NCC(=S)Cc5cccnc5)cc4ccc32)cc1. The van der Waals surface area contributed by atoms with Crippen molar-refractivity contribution < 1.29 is 17.9 Å². The highest BCUT2D eigenvalue weighted by Gasteiger charge is 2.31. The first-order valence-corrected chi connectivity index (χ1v) is 11.4. The van der Waals surface area contributed by atoms with Crippen LogP contribution in [0, 0.1) is 0 Å². The van der Waals surface area contributed by atoms with E-state index in [0.29, 0.717) is 18.7 Å². The number of aromatic nitrogens is 3. The molecule has 0 saturated carbocycles. The van der Waals surface area contributed by atoms with Gasteiger partial charge in [-0.25, -0.2) is 4.98 Å². The number of hydrogen-bond acceptors (Lipinski definition) is 5. The van der Waals surface area contributed by atoms with Crippen LogP contribution < -0.4 is 4.74 Å². The molecule has 5 nitrogen and oxygen atoms in total. The van der Waals surface area contributed by atoms with Crippen LogP contribution in [0.2, 0.25) is 0 Å². The predicted molar refractivity (Wildman–Crippen MR) is 138 cm³/mol. The van der Waals surface area contributed by atoms with Crippen LogP contribution in [0.1, 0.15) is 11.1 Å². The molecule has 0 aliphatic rings. The van der Waals surface area contributed by atoms with E-state index in [1.54, 1.807) is 30.9 Å². The number of imidazole rings is 1. The Balaban J connectivity index is 1.33. The van der Waals surface area contributed by atoms with Crippen molar-refractivity contribution in [2.45, 2.75) is 12.8 Å². The molecule has 0 unspecified atom stereocenters. The third kappa shape index (κ3) is 5.41. The topological polar surface area (TPSA) is 52.3 Å². The van der Waals surface area contributed by atoms with Crippen LogP contribution >= 0.6 is 12.2 Å². The quantitative estimate of drug-likeness (QED) is 0.187. The lowest BCUT2D eigenvalue weighted by Gasteiger charge is -2.10. The van der Waals surface area contributed by atoms with E-state index in [4.69, 9.17) is 12.2 Å². The van der Waals surface area contributed by atoms with Crippen LogP contribution in [-0.2, 0) is 6.42 Å². The molecule has 180 valence electrons. The van der Waals surface area contributed by atoms with Crippen molar-refractivity contribution in [1.29, 1.82) is 0 Å². The fourth-order valence-corrected chi connectivity index (χ4v) is 4.20. The molecule has 2 aromatic heterocycles. The normalized spacial score (nSPS) is 12.0. The molecule has 0 spiro atoms. The summed E-state index contributed by atoms with van der Waals surface area (Å²) in [6.07, 6.45) is 2.94. The smallest absolute Gasteiger partial charge is 0.406 e. The summed E-state index contributed by atoms with van der Waals surface area (Å²) in [5.74, 6) is -0.270. The van der Waals surface area contributed by atoms with Gasteiger partial charge in [-0.2, -0.15) is 0 Å². The van der Waals surface area contributed by atoms with Gasteiger partial charge < -0.3 is 4.74 Å². The molecule has 0 fully saturated rings. The summed E-state index contributed by atoms with van der Waals surface area (Å²) in [5, 5.41) is 1.97. The van der Waals surface area contributed by atoms with Crippen LogP contribution in [0.3, 0.4) is 0 Å². The second-order valence-electron chi connectivity index (χ2n) is 8.12. The molecule has 9 heteroatoms. The van der Waals surface area contributed by atoms with E-state index in [2.05, 4.69) is 19.7 Å². The highest BCUT2D eigenvalue weighted by molar-refractivity contribution is 7.80. The number of halogens is 3. The van der Waals surface area contributed by atoms with Crippen molar-refractivity contribution >= 4 is 45.1 Å². The van der Waals surface area contributed by atoms with Crippen molar-refractivity contribution in [2.75, 3.05) is 6.54 Å². The van der Waals surface area contributed by atoms with Gasteiger partial charge >= 0.3 is 6.36 Å². The Morgan fingerprint density at radius 3 is 2.64 bits per heavy atom. The Hall–Kier alpha value is -4.11. The van der Waals surface area contributed by atoms with E-state index in [-0.39, 0.29) is 5.75 Å². The average molecular weight is 505 g/mol. The van der Waals surface area contributed by atoms with Gasteiger partial charge in [0, 0.05) is 41.0 Å². The number of hydrogen-bond donors (Lipinski definition) is 0. The van der Waals surface area contributed by atoms with Gasteiger partial charge in [0.2, 0.25) is 0 Å². The van der Waals surface area contributed by atoms with Crippen molar-refractivity contribution in [3.05, 3.63) is 96.6 Å². The molecule has 0 N–H and O–H groups in total. The van der Waals surface area contributed by atoms with E-state index < -0.39 is 6.36 Å². The van der Waals surface area contributed by atoms with Gasteiger partial charge in [0.05, 0.1) is 17.6 Å². The molecule has 3 aromatic carbocycles. The van der Waals surface area contributed by atoms with Crippen molar-refractivity contribution in [2.24, 2.45) is 4.99 Å². The molecule has 36 heavy (non-hydrogen) atoms. The predicted octanol–water partition coefficient (Wildman–Crippen LogP) is 6.50. The fraction of sp³-hybridized carbons (Fsp3) is 0.111. The summed E-state index contributed by atoms with van der Waals surface area (Å²) in [5.41, 5.74) is 4.33. The van der Waals surface area contributed by atoms with Crippen molar-refractivity contribution in [3.8, 4) is 11.4 Å². The molecule has 0 aliphatic carbocycles. The molecule has 5 aromatic rings. The van der Waals surface area contributed by atoms with Gasteiger partial charge in [0.15, 0.2) is 0 Å². The zero-order valence-electron chi connectivity index (χ0n) is 18.8. The summed E-state index contributed by atoms with van der Waals surface area (Å²) < 4.78 is 43.1. The highest BCUT2D eigenvalue weighted by atomic mass is 32.1. The summed E-state index contributed by atoms with van der Waals surface area (Å²) in [7, 11) is 0. The molecule has 0 radical (unpaired) electrons. The number of benzene rings is 3. The molecule has 0 atom stereocenters. The molecular formula is C27H19F3N4OS. The zero-order valence-corrected chi connectivity index (χ0v) is 19.6. The molecular weight excluding hydrogens is 485 g/mol. The number of pyridine rings is 1. The Morgan fingerprint density at radius 2 is 1.89 bits per heavy atom. The number of nitrogens with zero attached hydrogens (tertiary/aromatic N) is 4. The first-order valence-electron chi connectivity index (χ1n) is 11.0. The molecule has 5 rings (SSSR count). The third-order valence-electron chi connectivity index (χ3n) is 5.54. The Morgan fingerprint density at radius 1 is 1.06 bits per heavy atom. The first-order chi connectivity index (χ1) is 17.4. The van der Waals surface area contributed by atoms with Gasteiger partial charge in [0.1, 0.15) is 12.1 Å². The molecule has 0 amide bonds. The van der Waals surface area contributed by atoms with Gasteiger partial charge in [-0.3, -0.25) is 14.5 Å². The summed E-state index contributed by atoms with van der Waals surface area (Å²) in [6.45, 7) is 0.457. The molecule has 2 heterocycles. The number of alkyl halides is 3. The monoisotopic (exact) mass is 504 g/mol. The van der Waals surface area contributed by atoms with E-state index in [9.17, 15) is 13.2 Å². The van der Waals surface area contributed by atoms with Gasteiger partial charge in [-0.05, 0) is 59.0 Å². The molecule has 0 bridgehead atoms. The number of fused-ring (bicyclic) bond motifs is 3. The maximum atomic E-state index is 12.4. The molecule has 0 aliphatic heterocycles. The lowest BCUT2D eigenvalue weighted by Crippen LogP contribution is -2.17. The first kappa shape index (κ1) is 23.6. The average Bonchev–Trinajstić information content (AvgIpc) is 3.29. The second kappa shape index (κ2) is 9.87. The Bertz CT molecular complexity index is 1560. The third-order valence-corrected chi connectivity index (χ3v) is 5.81. The van der Waals surface area contributed by atoms with Crippen molar-refractivity contribution in [1.82, 2.24) is 14.5 Å². The minimum absolute atomic E-state index is 0.270. The second-order valence-corrected chi connectivity index (χ2v) is 8.69. The Kier molecular flexibility index (Phi) is 6.47. The minimum atomic E-state index is -4.72. The summed E-state index contributed by atoms with van der Waals surface area (Å²) >= 11 is 5.45. The van der Waals surface area contributed by atoms with E-state index >= 15 is 0 Å². The van der Waals surface area contributed by atoms with Gasteiger partial charge in [-0.1, -0.05) is 36.5 Å². The summed E-state index contributed by atoms with van der Waals surface area (Å²) in [4.78, 5) is 14.0. The maximum absolute atomic E-state index is 12.4. The lowest BCUT2D eigenvalue weighted by atomic mass is 10.1. The van der Waals surface area contributed by atoms with Gasteiger partial charge in [0.25, 0.3) is 0 Å². The van der Waals surface area contributed by atoms with E-state index in [1.165, 1.54) is 12.1 Å². The number of rotatable bonds is 7. The Labute approximate surface area is 209 Å².